The molecule has 150 valence electrons. The van der Waals surface area contributed by atoms with Gasteiger partial charge in [0.05, 0.1) is 19.8 Å². The van der Waals surface area contributed by atoms with Crippen LogP contribution in [0.4, 0.5) is 0 Å². The van der Waals surface area contributed by atoms with Crippen LogP contribution in [0, 0.1) is 17.3 Å². The fourth-order valence-electron chi connectivity index (χ4n) is 6.35. The third-order valence-corrected chi connectivity index (χ3v) is 7.79. The molecular formula is C23H35NO3. The minimum Gasteiger partial charge on any atom is -0.504 e. The molecule has 5 atom stereocenters. The Morgan fingerprint density at radius 1 is 1.19 bits per heavy atom. The Morgan fingerprint density at radius 3 is 2.74 bits per heavy atom. The highest BCUT2D eigenvalue weighted by Crippen LogP contribution is 2.61. The second kappa shape index (κ2) is 7.29. The topological polar surface area (TPSA) is 41.9 Å². The van der Waals surface area contributed by atoms with E-state index in [1.807, 2.05) is 6.07 Å². The van der Waals surface area contributed by atoms with E-state index in [9.17, 15) is 5.11 Å². The molecule has 0 bridgehead atoms. The third-order valence-electron chi connectivity index (χ3n) is 7.79. The molecule has 3 aliphatic carbocycles. The zero-order chi connectivity index (χ0) is 19.2. The van der Waals surface area contributed by atoms with E-state index in [1.165, 1.54) is 43.2 Å². The Kier molecular flexibility index (Phi) is 5.15. The van der Waals surface area contributed by atoms with Crippen LogP contribution >= 0.6 is 0 Å². The Morgan fingerprint density at radius 2 is 2.00 bits per heavy atom. The van der Waals surface area contributed by atoms with Crippen LogP contribution in [-0.2, 0) is 11.2 Å². The van der Waals surface area contributed by atoms with Gasteiger partial charge in [0, 0.05) is 6.54 Å². The van der Waals surface area contributed by atoms with Gasteiger partial charge < -0.3 is 19.5 Å². The third kappa shape index (κ3) is 3.25. The Hall–Kier alpha value is -1.26. The summed E-state index contributed by atoms with van der Waals surface area (Å²) in [6.07, 6.45) is 7.72. The van der Waals surface area contributed by atoms with Crippen molar-refractivity contribution in [2.45, 2.75) is 57.5 Å². The molecule has 4 rings (SSSR count). The van der Waals surface area contributed by atoms with Crippen LogP contribution in [0.1, 0.15) is 56.1 Å². The maximum atomic E-state index is 10.2. The first kappa shape index (κ1) is 19.1. The molecule has 4 nitrogen and oxygen atoms in total. The highest BCUT2D eigenvalue weighted by molar-refractivity contribution is 5.49. The number of hydrogen-bond acceptors (Lipinski definition) is 4. The summed E-state index contributed by atoms with van der Waals surface area (Å²) in [5, 5.41) is 10.2. The van der Waals surface area contributed by atoms with Crippen molar-refractivity contribution in [3.63, 3.8) is 0 Å². The number of fused-ring (bicyclic) bond motifs is 5. The second-order valence-corrected chi connectivity index (χ2v) is 9.42. The first-order chi connectivity index (χ1) is 12.9. The summed E-state index contributed by atoms with van der Waals surface area (Å²) in [5.74, 6) is 3.02. The van der Waals surface area contributed by atoms with Gasteiger partial charge in [-0.3, -0.25) is 0 Å². The summed E-state index contributed by atoms with van der Waals surface area (Å²) in [5.41, 5.74) is 3.08. The predicted molar refractivity (Wildman–Crippen MR) is 108 cm³/mol. The number of phenolic OH excluding ortho intramolecular Hbond substituents is 1. The van der Waals surface area contributed by atoms with Gasteiger partial charge in [-0.25, -0.2) is 0 Å². The molecule has 0 aliphatic heterocycles. The van der Waals surface area contributed by atoms with Gasteiger partial charge >= 0.3 is 0 Å². The van der Waals surface area contributed by atoms with Crippen LogP contribution in [0.3, 0.4) is 0 Å². The quantitative estimate of drug-likeness (QED) is 0.840. The first-order valence-corrected chi connectivity index (χ1v) is 10.6. The fourth-order valence-corrected chi connectivity index (χ4v) is 6.35. The van der Waals surface area contributed by atoms with Gasteiger partial charge in [0.25, 0.3) is 0 Å². The number of methoxy groups -OCH3 is 1. The monoisotopic (exact) mass is 373 g/mol. The number of ether oxygens (including phenoxy) is 2. The number of phenols is 1. The lowest BCUT2D eigenvalue weighted by Gasteiger charge is -2.50. The van der Waals surface area contributed by atoms with Crippen molar-refractivity contribution in [3.8, 4) is 11.5 Å². The molecule has 1 aromatic rings. The zero-order valence-corrected chi connectivity index (χ0v) is 17.3. The van der Waals surface area contributed by atoms with Crippen molar-refractivity contribution in [2.24, 2.45) is 17.3 Å². The molecule has 2 saturated carbocycles. The van der Waals surface area contributed by atoms with Crippen molar-refractivity contribution in [1.82, 2.24) is 4.90 Å². The number of aryl methyl sites for hydroxylation is 1. The maximum Gasteiger partial charge on any atom is 0.160 e. The molecule has 4 heteroatoms. The van der Waals surface area contributed by atoms with E-state index in [4.69, 9.17) is 9.47 Å². The predicted octanol–water partition coefficient (Wildman–Crippen LogP) is 4.20. The molecule has 2 fully saturated rings. The van der Waals surface area contributed by atoms with Gasteiger partial charge in [-0.05, 0) is 99.0 Å². The largest absolute Gasteiger partial charge is 0.504 e. The van der Waals surface area contributed by atoms with Crippen LogP contribution in [0.2, 0.25) is 0 Å². The van der Waals surface area contributed by atoms with Gasteiger partial charge in [-0.2, -0.15) is 0 Å². The minimum atomic E-state index is 0.283. The Bertz CT molecular complexity index is 688. The van der Waals surface area contributed by atoms with Crippen LogP contribution in [0.25, 0.3) is 0 Å². The average Bonchev–Trinajstić information content (AvgIpc) is 2.97. The fraction of sp³-hybridized carbons (Fsp3) is 0.739. The Labute approximate surface area is 163 Å². The lowest BCUT2D eigenvalue weighted by molar-refractivity contribution is -0.0661. The molecule has 0 saturated heterocycles. The van der Waals surface area contributed by atoms with Crippen LogP contribution < -0.4 is 4.74 Å². The number of likely N-dealkylation sites (N-methyl/N-ethyl adjacent to an activating group) is 1. The lowest BCUT2D eigenvalue weighted by atomic mass is 9.55. The first-order valence-electron chi connectivity index (χ1n) is 10.6. The number of nitrogens with zero attached hydrogens (tertiary/aromatic N) is 1. The molecule has 1 aromatic carbocycles. The van der Waals surface area contributed by atoms with Crippen molar-refractivity contribution in [3.05, 3.63) is 23.3 Å². The number of benzene rings is 1. The summed E-state index contributed by atoms with van der Waals surface area (Å²) in [6, 6.07) is 4.06. The van der Waals surface area contributed by atoms with E-state index in [1.54, 1.807) is 7.11 Å². The molecule has 0 amide bonds. The maximum absolute atomic E-state index is 10.2. The van der Waals surface area contributed by atoms with Gasteiger partial charge in [0.1, 0.15) is 0 Å². The highest BCUT2D eigenvalue weighted by Gasteiger charge is 2.55. The highest BCUT2D eigenvalue weighted by atomic mass is 16.5. The second-order valence-electron chi connectivity index (χ2n) is 9.42. The van der Waals surface area contributed by atoms with E-state index in [0.717, 1.165) is 31.4 Å². The van der Waals surface area contributed by atoms with Gasteiger partial charge in [0.15, 0.2) is 11.5 Å². The van der Waals surface area contributed by atoms with E-state index < -0.39 is 0 Å². The van der Waals surface area contributed by atoms with Crippen molar-refractivity contribution >= 4 is 0 Å². The molecule has 27 heavy (non-hydrogen) atoms. The SMILES string of the molecule is COc1cc2c(cc1O)CC[C@@H]1[C@@H]2CC[C@]2(C)[C@@H](OCCN(C)C)CC[C@@H]12. The molecule has 0 heterocycles. The standard InChI is InChI=1S/C23H35NO3/c1-23-10-9-16-17(19(23)7-8-22(23)27-12-11-24(2)3)6-5-15-13-20(25)21(26-4)14-18(15)16/h13-14,16-17,19,22,25H,5-12H2,1-4H3/t16-,17+,19-,22-,23-/m0/s1. The molecular weight excluding hydrogens is 338 g/mol. The van der Waals surface area contributed by atoms with E-state index in [-0.39, 0.29) is 5.75 Å². The van der Waals surface area contributed by atoms with Crippen LogP contribution in [0.15, 0.2) is 12.1 Å². The Balaban J connectivity index is 1.54. The molecule has 0 spiro atoms. The molecule has 0 unspecified atom stereocenters. The number of aromatic hydroxyl groups is 1. The van der Waals surface area contributed by atoms with Gasteiger partial charge in [-0.1, -0.05) is 6.92 Å². The number of rotatable bonds is 5. The van der Waals surface area contributed by atoms with Gasteiger partial charge in [0.2, 0.25) is 0 Å². The average molecular weight is 374 g/mol. The summed E-state index contributed by atoms with van der Waals surface area (Å²) < 4.78 is 11.8. The van der Waals surface area contributed by atoms with Crippen molar-refractivity contribution in [1.29, 1.82) is 0 Å². The molecule has 1 N–H and O–H groups in total. The van der Waals surface area contributed by atoms with Crippen LogP contribution in [0.5, 0.6) is 11.5 Å². The molecule has 0 aromatic heterocycles. The molecule has 3 aliphatic rings. The normalized spacial score (nSPS) is 34.9. The van der Waals surface area contributed by atoms with Crippen molar-refractivity contribution < 1.29 is 14.6 Å². The summed E-state index contributed by atoms with van der Waals surface area (Å²) in [6.45, 7) is 4.33. The van der Waals surface area contributed by atoms with E-state index in [0.29, 0.717) is 23.2 Å². The summed E-state index contributed by atoms with van der Waals surface area (Å²) >= 11 is 0. The zero-order valence-electron chi connectivity index (χ0n) is 17.3. The number of hydrogen-bond donors (Lipinski definition) is 1. The van der Waals surface area contributed by atoms with E-state index in [2.05, 4.69) is 32.0 Å². The summed E-state index contributed by atoms with van der Waals surface area (Å²) in [4.78, 5) is 2.20. The lowest BCUT2D eigenvalue weighted by Crippen LogP contribution is -2.45. The summed E-state index contributed by atoms with van der Waals surface area (Å²) in [7, 11) is 5.87. The van der Waals surface area contributed by atoms with Gasteiger partial charge in [-0.15, -0.1) is 0 Å². The molecule has 0 radical (unpaired) electrons. The van der Waals surface area contributed by atoms with Crippen molar-refractivity contribution in [2.75, 3.05) is 34.4 Å². The smallest absolute Gasteiger partial charge is 0.160 e. The van der Waals surface area contributed by atoms with Crippen LogP contribution in [-0.4, -0.2) is 50.5 Å². The minimum absolute atomic E-state index is 0.283. The van der Waals surface area contributed by atoms with E-state index >= 15 is 0 Å².